The van der Waals surface area contributed by atoms with Crippen molar-refractivity contribution in [3.8, 4) is 0 Å². The van der Waals surface area contributed by atoms with Gasteiger partial charge < -0.3 is 5.32 Å². The fraction of sp³-hybridized carbons (Fsp3) is 0.833. The molecule has 1 saturated carbocycles. The predicted octanol–water partition coefficient (Wildman–Crippen LogP) is 3.12. The van der Waals surface area contributed by atoms with E-state index in [4.69, 9.17) is 0 Å². The average molecular weight is 181 g/mol. The van der Waals surface area contributed by atoms with Crippen LogP contribution >= 0.6 is 0 Å². The molecule has 1 heteroatoms. The zero-order chi connectivity index (χ0) is 9.68. The molecule has 1 unspecified atom stereocenters. The molecule has 0 amide bonds. The summed E-state index contributed by atoms with van der Waals surface area (Å²) in [5.41, 5.74) is 1.50. The highest BCUT2D eigenvalue weighted by molar-refractivity contribution is 5.03. The summed E-state index contributed by atoms with van der Waals surface area (Å²) in [6, 6.07) is 0.622. The monoisotopic (exact) mass is 181 g/mol. The molecule has 1 atom stereocenters. The fourth-order valence-electron chi connectivity index (χ4n) is 2.05. The summed E-state index contributed by atoms with van der Waals surface area (Å²) in [5, 5.41) is 3.47. The third-order valence-corrected chi connectivity index (χ3v) is 2.92. The molecule has 13 heavy (non-hydrogen) atoms. The second-order valence-corrected chi connectivity index (χ2v) is 4.50. The Kier molecular flexibility index (Phi) is 4.51. The minimum atomic E-state index is 0.622. The molecular weight excluding hydrogens is 158 g/mol. The molecule has 1 aliphatic carbocycles. The van der Waals surface area contributed by atoms with Crippen molar-refractivity contribution in [2.45, 2.75) is 52.0 Å². The summed E-state index contributed by atoms with van der Waals surface area (Å²) in [5.74, 6) is 0.806. The van der Waals surface area contributed by atoms with E-state index in [9.17, 15) is 0 Å². The zero-order valence-corrected chi connectivity index (χ0v) is 9.10. The van der Waals surface area contributed by atoms with Crippen molar-refractivity contribution in [3.63, 3.8) is 0 Å². The Labute approximate surface area is 82.6 Å². The second kappa shape index (κ2) is 5.43. The molecule has 1 nitrogen and oxygen atoms in total. The molecule has 1 N–H and O–H groups in total. The SMILES string of the molecule is C=C1CCCCC1CCNC(C)C. The van der Waals surface area contributed by atoms with Gasteiger partial charge in [-0.1, -0.05) is 32.4 Å². The van der Waals surface area contributed by atoms with Gasteiger partial charge in [0.05, 0.1) is 0 Å². The van der Waals surface area contributed by atoms with Gasteiger partial charge in [-0.3, -0.25) is 0 Å². The van der Waals surface area contributed by atoms with Crippen molar-refractivity contribution in [2.24, 2.45) is 5.92 Å². The Hall–Kier alpha value is -0.300. The van der Waals surface area contributed by atoms with E-state index in [-0.39, 0.29) is 0 Å². The lowest BCUT2D eigenvalue weighted by Crippen LogP contribution is -2.26. The first-order chi connectivity index (χ1) is 6.20. The zero-order valence-electron chi connectivity index (χ0n) is 9.10. The molecule has 1 fully saturated rings. The number of hydrogen-bond donors (Lipinski definition) is 1. The van der Waals surface area contributed by atoms with Crippen molar-refractivity contribution in [1.29, 1.82) is 0 Å². The molecule has 0 bridgehead atoms. The van der Waals surface area contributed by atoms with E-state index in [2.05, 4.69) is 25.7 Å². The lowest BCUT2D eigenvalue weighted by atomic mass is 9.83. The van der Waals surface area contributed by atoms with Crippen LogP contribution in [0.25, 0.3) is 0 Å². The number of nitrogens with one attached hydrogen (secondary N) is 1. The molecule has 0 radical (unpaired) electrons. The highest BCUT2D eigenvalue weighted by atomic mass is 14.9. The number of allylic oxidation sites excluding steroid dienone is 1. The Morgan fingerprint density at radius 3 is 2.85 bits per heavy atom. The summed E-state index contributed by atoms with van der Waals surface area (Å²) in [6.07, 6.45) is 6.71. The van der Waals surface area contributed by atoms with Gasteiger partial charge in [-0.05, 0) is 38.1 Å². The van der Waals surface area contributed by atoms with Crippen molar-refractivity contribution in [1.82, 2.24) is 5.32 Å². The maximum atomic E-state index is 4.17. The van der Waals surface area contributed by atoms with Crippen LogP contribution in [0.5, 0.6) is 0 Å². The summed E-state index contributed by atoms with van der Waals surface area (Å²) in [7, 11) is 0. The van der Waals surface area contributed by atoms with Crippen molar-refractivity contribution < 1.29 is 0 Å². The number of hydrogen-bond acceptors (Lipinski definition) is 1. The van der Waals surface area contributed by atoms with E-state index in [1.807, 2.05) is 0 Å². The standard InChI is InChI=1S/C12H23N/c1-10(2)13-9-8-12-7-5-4-6-11(12)3/h10,12-13H,3-9H2,1-2H3. The highest BCUT2D eigenvalue weighted by Crippen LogP contribution is 2.29. The van der Waals surface area contributed by atoms with Crippen molar-refractivity contribution in [2.75, 3.05) is 6.54 Å². The van der Waals surface area contributed by atoms with Gasteiger partial charge >= 0.3 is 0 Å². The Bertz CT molecular complexity index is 161. The van der Waals surface area contributed by atoms with E-state index in [1.54, 1.807) is 0 Å². The summed E-state index contributed by atoms with van der Waals surface area (Å²) in [4.78, 5) is 0. The van der Waals surface area contributed by atoms with Crippen LogP contribution in [0, 0.1) is 5.92 Å². The van der Waals surface area contributed by atoms with Crippen LogP contribution in [0.3, 0.4) is 0 Å². The normalized spacial score (nSPS) is 23.9. The van der Waals surface area contributed by atoms with Crippen LogP contribution in [0.4, 0.5) is 0 Å². The average Bonchev–Trinajstić information content (AvgIpc) is 2.08. The van der Waals surface area contributed by atoms with E-state index in [0.29, 0.717) is 6.04 Å². The molecular formula is C12H23N. The first-order valence-corrected chi connectivity index (χ1v) is 5.61. The first-order valence-electron chi connectivity index (χ1n) is 5.61. The Morgan fingerprint density at radius 2 is 2.23 bits per heavy atom. The summed E-state index contributed by atoms with van der Waals surface area (Å²) < 4.78 is 0. The van der Waals surface area contributed by atoms with E-state index in [0.717, 1.165) is 12.5 Å². The number of rotatable bonds is 4. The molecule has 0 aromatic rings. The lowest BCUT2D eigenvalue weighted by Gasteiger charge is -2.24. The van der Waals surface area contributed by atoms with Crippen LogP contribution in [-0.4, -0.2) is 12.6 Å². The van der Waals surface area contributed by atoms with Gasteiger partial charge in [0.1, 0.15) is 0 Å². The van der Waals surface area contributed by atoms with Gasteiger partial charge in [-0.25, -0.2) is 0 Å². The van der Waals surface area contributed by atoms with Crippen LogP contribution in [0.15, 0.2) is 12.2 Å². The maximum absolute atomic E-state index is 4.17. The molecule has 0 spiro atoms. The van der Waals surface area contributed by atoms with Gasteiger partial charge in [0, 0.05) is 6.04 Å². The molecule has 76 valence electrons. The van der Waals surface area contributed by atoms with Gasteiger partial charge in [-0.15, -0.1) is 0 Å². The predicted molar refractivity (Wildman–Crippen MR) is 58.9 cm³/mol. The minimum Gasteiger partial charge on any atom is -0.315 e. The minimum absolute atomic E-state index is 0.622. The molecule has 1 rings (SSSR count). The molecule has 1 aliphatic rings. The molecule has 0 heterocycles. The second-order valence-electron chi connectivity index (χ2n) is 4.50. The van der Waals surface area contributed by atoms with Crippen molar-refractivity contribution in [3.05, 3.63) is 12.2 Å². The third kappa shape index (κ3) is 3.95. The van der Waals surface area contributed by atoms with Gasteiger partial charge in [0.15, 0.2) is 0 Å². The molecule has 0 aromatic heterocycles. The van der Waals surface area contributed by atoms with Gasteiger partial charge in [0.2, 0.25) is 0 Å². The summed E-state index contributed by atoms with van der Waals surface area (Å²) in [6.45, 7) is 9.73. The topological polar surface area (TPSA) is 12.0 Å². The molecule has 0 saturated heterocycles. The van der Waals surface area contributed by atoms with Crippen LogP contribution < -0.4 is 5.32 Å². The first kappa shape index (κ1) is 10.8. The Morgan fingerprint density at radius 1 is 1.46 bits per heavy atom. The highest BCUT2D eigenvalue weighted by Gasteiger charge is 2.16. The smallest absolute Gasteiger partial charge is 0.00103 e. The molecule has 0 aliphatic heterocycles. The molecule has 0 aromatic carbocycles. The van der Waals surface area contributed by atoms with Crippen molar-refractivity contribution >= 4 is 0 Å². The van der Waals surface area contributed by atoms with Crippen LogP contribution in [0.1, 0.15) is 46.0 Å². The largest absolute Gasteiger partial charge is 0.315 e. The quantitative estimate of drug-likeness (QED) is 0.657. The fourth-order valence-corrected chi connectivity index (χ4v) is 2.05. The summed E-state index contributed by atoms with van der Waals surface area (Å²) >= 11 is 0. The van der Waals surface area contributed by atoms with E-state index >= 15 is 0 Å². The van der Waals surface area contributed by atoms with Gasteiger partial charge in [0.25, 0.3) is 0 Å². The van der Waals surface area contributed by atoms with Crippen LogP contribution in [-0.2, 0) is 0 Å². The van der Waals surface area contributed by atoms with Crippen LogP contribution in [0.2, 0.25) is 0 Å². The third-order valence-electron chi connectivity index (χ3n) is 2.92. The lowest BCUT2D eigenvalue weighted by molar-refractivity contribution is 0.411. The van der Waals surface area contributed by atoms with E-state index < -0.39 is 0 Å². The Balaban J connectivity index is 2.15. The van der Waals surface area contributed by atoms with Gasteiger partial charge in [-0.2, -0.15) is 0 Å². The maximum Gasteiger partial charge on any atom is 0.00103 e. The van der Waals surface area contributed by atoms with E-state index in [1.165, 1.54) is 37.7 Å².